The van der Waals surface area contributed by atoms with E-state index in [1.807, 2.05) is 6.92 Å². The van der Waals surface area contributed by atoms with E-state index in [1.54, 1.807) is 16.9 Å². The quantitative estimate of drug-likeness (QED) is 0.915. The molecule has 0 saturated heterocycles. The van der Waals surface area contributed by atoms with Crippen LogP contribution in [0.2, 0.25) is 0 Å². The number of halogens is 3. The van der Waals surface area contributed by atoms with E-state index in [1.165, 1.54) is 13.8 Å². The second-order valence-electron chi connectivity index (χ2n) is 5.15. The van der Waals surface area contributed by atoms with Crippen LogP contribution in [0, 0.1) is 6.92 Å². The van der Waals surface area contributed by atoms with Crippen molar-refractivity contribution in [3.63, 3.8) is 0 Å². The third kappa shape index (κ3) is 3.72. The van der Waals surface area contributed by atoms with Crippen molar-refractivity contribution in [2.24, 2.45) is 0 Å². The van der Waals surface area contributed by atoms with Crippen molar-refractivity contribution in [1.82, 2.24) is 24.9 Å². The highest BCUT2D eigenvalue weighted by molar-refractivity contribution is 5.79. The number of rotatable bonds is 5. The topological polar surface area (TPSA) is 64.7 Å². The average molecular weight is 329 g/mol. The fourth-order valence-electron chi connectivity index (χ4n) is 2.25. The predicted molar refractivity (Wildman–Crippen MR) is 76.4 cm³/mol. The number of nitrogens with zero attached hydrogens (tertiary/aromatic N) is 4. The molecule has 2 aromatic heterocycles. The fourth-order valence-corrected chi connectivity index (χ4v) is 2.25. The van der Waals surface area contributed by atoms with Gasteiger partial charge in [-0.1, -0.05) is 0 Å². The lowest BCUT2D eigenvalue weighted by molar-refractivity contribution is -0.142. The highest BCUT2D eigenvalue weighted by Crippen LogP contribution is 2.29. The molecule has 2 heterocycles. The Bertz CT molecular complexity index is 689. The fraction of sp³-hybridized carbons (Fsp3) is 0.500. The molecule has 23 heavy (non-hydrogen) atoms. The highest BCUT2D eigenvalue weighted by Gasteiger charge is 2.35. The number of nitrogens with one attached hydrogen (secondary N) is 1. The van der Waals surface area contributed by atoms with E-state index in [0.717, 1.165) is 16.4 Å². The van der Waals surface area contributed by atoms with E-state index in [4.69, 9.17) is 0 Å². The molecule has 0 saturated carbocycles. The van der Waals surface area contributed by atoms with Crippen LogP contribution < -0.4 is 5.32 Å². The molecule has 126 valence electrons. The van der Waals surface area contributed by atoms with Gasteiger partial charge in [0, 0.05) is 18.4 Å². The molecule has 0 radical (unpaired) electrons. The minimum Gasteiger partial charge on any atom is -0.349 e. The Kier molecular flexibility index (Phi) is 4.76. The molecule has 2 rings (SSSR count). The summed E-state index contributed by atoms with van der Waals surface area (Å²) in [5, 5.41) is 10.3. The molecular weight excluding hydrogens is 311 g/mol. The summed E-state index contributed by atoms with van der Waals surface area (Å²) in [5.74, 6) is -0.409. The van der Waals surface area contributed by atoms with Gasteiger partial charge in [-0.25, -0.2) is 0 Å². The van der Waals surface area contributed by atoms with E-state index in [-0.39, 0.29) is 12.2 Å². The van der Waals surface area contributed by atoms with Crippen LogP contribution in [0.4, 0.5) is 13.2 Å². The largest absolute Gasteiger partial charge is 0.435 e. The number of aryl methyl sites for hydroxylation is 2. The second kappa shape index (κ2) is 6.43. The molecule has 0 aliphatic carbocycles. The van der Waals surface area contributed by atoms with Crippen LogP contribution in [0.25, 0.3) is 0 Å². The monoisotopic (exact) mass is 329 g/mol. The van der Waals surface area contributed by atoms with Gasteiger partial charge in [0.05, 0.1) is 12.2 Å². The summed E-state index contributed by atoms with van der Waals surface area (Å²) in [6, 6.07) is 1.86. The third-order valence-corrected chi connectivity index (χ3v) is 3.51. The van der Waals surface area contributed by atoms with Crippen molar-refractivity contribution < 1.29 is 18.0 Å². The zero-order valence-electron chi connectivity index (χ0n) is 13.1. The minimum atomic E-state index is -4.53. The maximum atomic E-state index is 12.7. The molecule has 0 bridgehead atoms. The molecule has 0 aliphatic rings. The number of alkyl halides is 3. The lowest BCUT2D eigenvalue weighted by atomic mass is 10.3. The van der Waals surface area contributed by atoms with Crippen LogP contribution in [0.5, 0.6) is 0 Å². The van der Waals surface area contributed by atoms with Crippen LogP contribution >= 0.6 is 0 Å². The molecule has 1 N–H and O–H groups in total. The second-order valence-corrected chi connectivity index (χ2v) is 5.15. The first-order valence-electron chi connectivity index (χ1n) is 7.15. The van der Waals surface area contributed by atoms with Crippen LogP contribution in [-0.2, 0) is 24.1 Å². The van der Waals surface area contributed by atoms with Crippen molar-refractivity contribution in [2.45, 2.75) is 46.1 Å². The van der Waals surface area contributed by atoms with Gasteiger partial charge < -0.3 is 5.32 Å². The predicted octanol–water partition coefficient (Wildman–Crippen LogP) is 2.30. The van der Waals surface area contributed by atoms with Crippen LogP contribution in [0.3, 0.4) is 0 Å². The summed E-state index contributed by atoms with van der Waals surface area (Å²) < 4.78 is 40.8. The van der Waals surface area contributed by atoms with Gasteiger partial charge in [-0.05, 0) is 32.9 Å². The van der Waals surface area contributed by atoms with Gasteiger partial charge in [-0.2, -0.15) is 23.4 Å². The third-order valence-electron chi connectivity index (χ3n) is 3.51. The van der Waals surface area contributed by atoms with E-state index < -0.39 is 23.8 Å². The molecule has 1 amide bonds. The van der Waals surface area contributed by atoms with Gasteiger partial charge in [0.2, 0.25) is 5.91 Å². The van der Waals surface area contributed by atoms with Crippen LogP contribution in [0.1, 0.15) is 37.0 Å². The number of hydrogen-bond donors (Lipinski definition) is 1. The molecule has 9 heteroatoms. The summed E-state index contributed by atoms with van der Waals surface area (Å²) in [5.41, 5.74) is 0.0958. The van der Waals surface area contributed by atoms with Crippen molar-refractivity contribution >= 4 is 5.91 Å². The molecule has 1 atom stereocenters. The van der Waals surface area contributed by atoms with Crippen molar-refractivity contribution in [3.05, 3.63) is 35.4 Å². The number of carbonyl (C=O) groups excluding carboxylic acids is 1. The van der Waals surface area contributed by atoms with Gasteiger partial charge in [0.1, 0.15) is 6.04 Å². The summed E-state index contributed by atoms with van der Waals surface area (Å²) in [4.78, 5) is 12.2. The first-order valence-corrected chi connectivity index (χ1v) is 7.15. The summed E-state index contributed by atoms with van der Waals surface area (Å²) >= 11 is 0. The molecule has 0 aliphatic heterocycles. The maximum Gasteiger partial charge on any atom is 0.435 e. The zero-order chi connectivity index (χ0) is 17.2. The summed E-state index contributed by atoms with van der Waals surface area (Å²) in [7, 11) is 0. The molecule has 0 fully saturated rings. The van der Waals surface area contributed by atoms with E-state index in [2.05, 4.69) is 15.5 Å². The van der Waals surface area contributed by atoms with Crippen LogP contribution in [0.15, 0.2) is 18.3 Å². The summed E-state index contributed by atoms with van der Waals surface area (Å²) in [6.07, 6.45) is -2.90. The standard InChI is InChI=1S/C14H18F3N5O/c1-4-21-11(5-6-19-21)8-18-13(23)10(3)22-9(2)7-12(20-22)14(15,16)17/h5-7,10H,4,8H2,1-3H3,(H,18,23). The lowest BCUT2D eigenvalue weighted by Crippen LogP contribution is -2.32. The van der Waals surface area contributed by atoms with Crippen molar-refractivity contribution in [3.8, 4) is 0 Å². The molecule has 0 spiro atoms. The SMILES string of the molecule is CCn1nccc1CNC(=O)C(C)n1nc(C(F)(F)F)cc1C. The van der Waals surface area contributed by atoms with Gasteiger partial charge in [-0.3, -0.25) is 14.2 Å². The van der Waals surface area contributed by atoms with E-state index in [0.29, 0.717) is 6.54 Å². The van der Waals surface area contributed by atoms with Gasteiger partial charge in [-0.15, -0.1) is 0 Å². The van der Waals surface area contributed by atoms with Crippen molar-refractivity contribution in [1.29, 1.82) is 0 Å². The maximum absolute atomic E-state index is 12.7. The number of hydrogen-bond acceptors (Lipinski definition) is 3. The Labute approximate surface area is 131 Å². The summed E-state index contributed by atoms with van der Waals surface area (Å²) in [6.45, 7) is 5.84. The molecule has 0 aromatic carbocycles. The number of aromatic nitrogens is 4. The minimum absolute atomic E-state index is 0.253. The van der Waals surface area contributed by atoms with E-state index >= 15 is 0 Å². The smallest absolute Gasteiger partial charge is 0.349 e. The van der Waals surface area contributed by atoms with Gasteiger partial charge >= 0.3 is 6.18 Å². The Morgan fingerprint density at radius 3 is 2.70 bits per heavy atom. The first kappa shape index (κ1) is 17.0. The van der Waals surface area contributed by atoms with Gasteiger partial charge in [0.15, 0.2) is 5.69 Å². The van der Waals surface area contributed by atoms with Crippen LogP contribution in [-0.4, -0.2) is 25.5 Å². The molecule has 1 unspecified atom stereocenters. The number of carbonyl (C=O) groups is 1. The Morgan fingerprint density at radius 1 is 1.43 bits per heavy atom. The normalized spacial score (nSPS) is 13.1. The molecule has 2 aromatic rings. The van der Waals surface area contributed by atoms with Gasteiger partial charge in [0.25, 0.3) is 0 Å². The first-order chi connectivity index (χ1) is 10.7. The lowest BCUT2D eigenvalue weighted by Gasteiger charge is -2.15. The van der Waals surface area contributed by atoms with E-state index in [9.17, 15) is 18.0 Å². The number of amides is 1. The Morgan fingerprint density at radius 2 is 2.13 bits per heavy atom. The Balaban J connectivity index is 2.07. The van der Waals surface area contributed by atoms with Crippen molar-refractivity contribution in [2.75, 3.05) is 0 Å². The highest BCUT2D eigenvalue weighted by atomic mass is 19.4. The average Bonchev–Trinajstić information content (AvgIpc) is 3.09. The Hall–Kier alpha value is -2.32. The molecule has 6 nitrogen and oxygen atoms in total. The zero-order valence-corrected chi connectivity index (χ0v) is 13.1. The molecular formula is C14H18F3N5O.